The minimum absolute atomic E-state index is 0. The largest absolute Gasteiger partial charge is 0.439 e. The first-order valence-corrected chi connectivity index (χ1v) is 8.10. The number of carbonyl (C=O) groups excluding carboxylic acids is 1. The quantitative estimate of drug-likeness (QED) is 0.776. The number of nitrogens with zero attached hydrogens (tertiary/aromatic N) is 1. The number of pyridine rings is 1. The molecule has 0 saturated carbocycles. The van der Waals surface area contributed by atoms with Crippen molar-refractivity contribution in [2.75, 3.05) is 25.1 Å². The van der Waals surface area contributed by atoms with Gasteiger partial charge in [-0.3, -0.25) is 4.79 Å². The Kier molecular flexibility index (Phi) is 8.92. The molecule has 27 heavy (non-hydrogen) atoms. The van der Waals surface area contributed by atoms with Crippen molar-refractivity contribution in [2.24, 2.45) is 11.1 Å². The van der Waals surface area contributed by atoms with Crippen LogP contribution in [0, 0.1) is 11.2 Å². The third-order valence-corrected chi connectivity index (χ3v) is 4.35. The zero-order valence-electron chi connectivity index (χ0n) is 14.5. The number of halogens is 3. The molecular weight excluding hydrogens is 396 g/mol. The number of hydrogen-bond donors (Lipinski definition) is 2. The van der Waals surface area contributed by atoms with Gasteiger partial charge in [-0.25, -0.2) is 9.37 Å². The van der Waals surface area contributed by atoms with Crippen molar-refractivity contribution in [3.63, 3.8) is 0 Å². The van der Waals surface area contributed by atoms with E-state index in [9.17, 15) is 9.18 Å². The summed E-state index contributed by atoms with van der Waals surface area (Å²) in [5.41, 5.74) is 5.80. The van der Waals surface area contributed by atoms with Crippen molar-refractivity contribution >= 4 is 36.4 Å². The molecule has 1 aromatic carbocycles. The number of benzene rings is 1. The van der Waals surface area contributed by atoms with Crippen molar-refractivity contribution < 1.29 is 18.7 Å². The molecule has 0 radical (unpaired) electrons. The number of carbonyl (C=O) groups is 1. The van der Waals surface area contributed by atoms with Gasteiger partial charge < -0.3 is 20.5 Å². The van der Waals surface area contributed by atoms with Crippen LogP contribution in [0.2, 0.25) is 0 Å². The van der Waals surface area contributed by atoms with Gasteiger partial charge in [0.1, 0.15) is 11.6 Å². The third-order valence-electron chi connectivity index (χ3n) is 4.35. The van der Waals surface area contributed by atoms with Gasteiger partial charge >= 0.3 is 0 Å². The average molecular weight is 418 g/mol. The first-order chi connectivity index (χ1) is 12.1. The number of anilines is 1. The second-order valence-electron chi connectivity index (χ2n) is 5.99. The number of amides is 1. The number of rotatable bonds is 5. The maximum Gasteiger partial charge on any atom is 0.232 e. The van der Waals surface area contributed by atoms with Crippen LogP contribution in [0.15, 0.2) is 42.6 Å². The van der Waals surface area contributed by atoms with Gasteiger partial charge in [0.05, 0.1) is 17.3 Å². The van der Waals surface area contributed by atoms with E-state index in [2.05, 4.69) is 10.3 Å². The van der Waals surface area contributed by atoms with Crippen molar-refractivity contribution in [1.82, 2.24) is 4.98 Å². The molecule has 0 spiro atoms. The van der Waals surface area contributed by atoms with Gasteiger partial charge in [-0.05, 0) is 43.2 Å². The van der Waals surface area contributed by atoms with E-state index < -0.39 is 5.41 Å². The number of nitrogens with two attached hydrogens (primary N) is 1. The SMILES string of the molecule is Cl.Cl.NCC1(C(=O)Nc2ccc(Oc3ccc(F)cc3)nc2)CCOCC1. The van der Waals surface area contributed by atoms with Gasteiger partial charge in [-0.2, -0.15) is 0 Å². The second kappa shape index (κ2) is 10.4. The molecule has 0 unspecified atom stereocenters. The maximum absolute atomic E-state index is 12.9. The lowest BCUT2D eigenvalue weighted by molar-refractivity contribution is -0.130. The molecule has 6 nitrogen and oxygen atoms in total. The fourth-order valence-electron chi connectivity index (χ4n) is 2.69. The Balaban J connectivity index is 0.00000182. The van der Waals surface area contributed by atoms with Crippen LogP contribution in [0.25, 0.3) is 0 Å². The Labute approximate surface area is 169 Å². The molecule has 9 heteroatoms. The average Bonchev–Trinajstić information content (AvgIpc) is 2.65. The molecule has 3 rings (SSSR count). The Hall–Kier alpha value is -1.93. The van der Waals surface area contributed by atoms with Crippen LogP contribution in [0.5, 0.6) is 11.6 Å². The first kappa shape index (κ1) is 23.1. The topological polar surface area (TPSA) is 86.5 Å². The van der Waals surface area contributed by atoms with E-state index in [0.717, 1.165) is 0 Å². The van der Waals surface area contributed by atoms with E-state index in [4.69, 9.17) is 15.2 Å². The van der Waals surface area contributed by atoms with Gasteiger partial charge in [0.2, 0.25) is 11.8 Å². The molecule has 0 aliphatic carbocycles. The van der Waals surface area contributed by atoms with Crippen molar-refractivity contribution in [3.05, 3.63) is 48.4 Å². The van der Waals surface area contributed by atoms with E-state index >= 15 is 0 Å². The number of hydrogen-bond acceptors (Lipinski definition) is 5. The van der Waals surface area contributed by atoms with Crippen LogP contribution < -0.4 is 15.8 Å². The molecule has 148 valence electrons. The van der Waals surface area contributed by atoms with E-state index in [0.29, 0.717) is 43.4 Å². The van der Waals surface area contributed by atoms with Crippen LogP contribution in [0.4, 0.5) is 10.1 Å². The third kappa shape index (κ3) is 5.77. The van der Waals surface area contributed by atoms with E-state index in [1.165, 1.54) is 30.5 Å². The normalized spacial score (nSPS) is 15.0. The molecule has 1 amide bonds. The minimum Gasteiger partial charge on any atom is -0.439 e. The number of aromatic nitrogens is 1. The lowest BCUT2D eigenvalue weighted by atomic mass is 9.79. The molecule has 3 N–H and O–H groups in total. The standard InChI is InChI=1S/C18H20FN3O3.2ClH/c19-13-1-4-15(5-2-13)25-16-6-3-14(11-21-16)22-17(23)18(12-20)7-9-24-10-8-18;;/h1-6,11H,7-10,12,20H2,(H,22,23);2*1H. The van der Waals surface area contributed by atoms with Crippen molar-refractivity contribution in [1.29, 1.82) is 0 Å². The molecular formula is C18H22Cl2FN3O3. The van der Waals surface area contributed by atoms with Crippen LogP contribution >= 0.6 is 24.8 Å². The molecule has 1 aliphatic rings. The summed E-state index contributed by atoms with van der Waals surface area (Å²) in [4.78, 5) is 16.7. The Morgan fingerprint density at radius 1 is 1.19 bits per heavy atom. The summed E-state index contributed by atoms with van der Waals surface area (Å²) in [6, 6.07) is 8.99. The highest BCUT2D eigenvalue weighted by Crippen LogP contribution is 2.31. The van der Waals surface area contributed by atoms with Gasteiger partial charge in [0.15, 0.2) is 0 Å². The summed E-state index contributed by atoms with van der Waals surface area (Å²) in [5, 5.41) is 2.86. The summed E-state index contributed by atoms with van der Waals surface area (Å²) >= 11 is 0. The zero-order valence-corrected chi connectivity index (χ0v) is 16.2. The highest BCUT2D eigenvalue weighted by atomic mass is 35.5. The smallest absolute Gasteiger partial charge is 0.232 e. The molecule has 1 saturated heterocycles. The van der Waals surface area contributed by atoms with E-state index in [-0.39, 0.29) is 43.1 Å². The van der Waals surface area contributed by atoms with Crippen LogP contribution in [-0.4, -0.2) is 30.6 Å². The van der Waals surface area contributed by atoms with E-state index in [1.807, 2.05) is 0 Å². The van der Waals surface area contributed by atoms with Gasteiger partial charge in [-0.15, -0.1) is 24.8 Å². The van der Waals surface area contributed by atoms with Crippen molar-refractivity contribution in [3.8, 4) is 11.6 Å². The van der Waals surface area contributed by atoms with Crippen molar-refractivity contribution in [2.45, 2.75) is 12.8 Å². The summed E-state index contributed by atoms with van der Waals surface area (Å²) in [5.74, 6) is 0.381. The highest BCUT2D eigenvalue weighted by molar-refractivity contribution is 5.95. The fourth-order valence-corrected chi connectivity index (χ4v) is 2.69. The lowest BCUT2D eigenvalue weighted by Gasteiger charge is -2.34. The molecule has 1 fully saturated rings. The molecule has 2 heterocycles. The summed E-state index contributed by atoms with van der Waals surface area (Å²) in [7, 11) is 0. The number of nitrogens with one attached hydrogen (secondary N) is 1. The van der Waals surface area contributed by atoms with Crippen LogP contribution in [0.3, 0.4) is 0 Å². The Morgan fingerprint density at radius 2 is 1.85 bits per heavy atom. The zero-order chi connectivity index (χ0) is 17.7. The van der Waals surface area contributed by atoms with Crippen LogP contribution in [-0.2, 0) is 9.53 Å². The summed E-state index contributed by atoms with van der Waals surface area (Å²) in [6.45, 7) is 1.35. The summed E-state index contributed by atoms with van der Waals surface area (Å²) in [6.07, 6.45) is 2.73. The van der Waals surface area contributed by atoms with Crippen LogP contribution in [0.1, 0.15) is 12.8 Å². The maximum atomic E-state index is 12.9. The minimum atomic E-state index is -0.596. The summed E-state index contributed by atoms with van der Waals surface area (Å²) < 4.78 is 23.7. The predicted molar refractivity (Wildman–Crippen MR) is 105 cm³/mol. The molecule has 0 bridgehead atoms. The Bertz CT molecular complexity index is 724. The van der Waals surface area contributed by atoms with E-state index in [1.54, 1.807) is 12.1 Å². The predicted octanol–water partition coefficient (Wildman–Crippen LogP) is 3.55. The first-order valence-electron chi connectivity index (χ1n) is 8.10. The second-order valence-corrected chi connectivity index (χ2v) is 5.99. The fraction of sp³-hybridized carbons (Fsp3) is 0.333. The van der Waals surface area contributed by atoms with Gasteiger partial charge in [0.25, 0.3) is 0 Å². The Morgan fingerprint density at radius 3 is 2.41 bits per heavy atom. The molecule has 0 atom stereocenters. The van der Waals surface area contributed by atoms with Gasteiger partial charge in [0, 0.05) is 25.8 Å². The highest BCUT2D eigenvalue weighted by Gasteiger charge is 2.38. The monoisotopic (exact) mass is 417 g/mol. The molecule has 1 aliphatic heterocycles. The van der Waals surface area contributed by atoms with Gasteiger partial charge in [-0.1, -0.05) is 0 Å². The number of ether oxygens (including phenoxy) is 2. The molecule has 1 aromatic heterocycles. The molecule has 2 aromatic rings. The lowest BCUT2D eigenvalue weighted by Crippen LogP contribution is -2.46.